The highest BCUT2D eigenvalue weighted by molar-refractivity contribution is 5.85. The van der Waals surface area contributed by atoms with E-state index >= 15 is 0 Å². The standard InChI is InChI=1S/C14H21N3O/c1-14(2,15)13(18)17-10-8-16(9-11-17)12-6-4-3-5-7-12/h3-7H,8-11,15H2,1-2H3. The summed E-state index contributed by atoms with van der Waals surface area (Å²) in [6, 6.07) is 10.3. The maximum absolute atomic E-state index is 12.0. The van der Waals surface area contributed by atoms with Gasteiger partial charge < -0.3 is 15.5 Å². The van der Waals surface area contributed by atoms with Crippen LogP contribution in [0.1, 0.15) is 13.8 Å². The molecule has 1 saturated heterocycles. The first-order valence-electron chi connectivity index (χ1n) is 6.37. The smallest absolute Gasteiger partial charge is 0.242 e. The Kier molecular flexibility index (Phi) is 3.57. The third-order valence-electron chi connectivity index (χ3n) is 3.24. The van der Waals surface area contributed by atoms with Crippen molar-refractivity contribution in [2.75, 3.05) is 31.1 Å². The Balaban J connectivity index is 1.95. The highest BCUT2D eigenvalue weighted by atomic mass is 16.2. The lowest BCUT2D eigenvalue weighted by Gasteiger charge is -2.38. The monoisotopic (exact) mass is 247 g/mol. The molecule has 2 N–H and O–H groups in total. The van der Waals surface area contributed by atoms with E-state index in [1.54, 1.807) is 13.8 Å². The highest BCUT2D eigenvalue weighted by Crippen LogP contribution is 2.16. The Labute approximate surface area is 108 Å². The van der Waals surface area contributed by atoms with Crippen molar-refractivity contribution in [1.82, 2.24) is 4.90 Å². The van der Waals surface area contributed by atoms with E-state index in [1.807, 2.05) is 23.1 Å². The van der Waals surface area contributed by atoms with Crippen LogP contribution < -0.4 is 10.6 Å². The van der Waals surface area contributed by atoms with Crippen molar-refractivity contribution in [3.05, 3.63) is 30.3 Å². The SMILES string of the molecule is CC(C)(N)C(=O)N1CCN(c2ccccc2)CC1. The number of nitrogens with two attached hydrogens (primary N) is 1. The van der Waals surface area contributed by atoms with Crippen LogP contribution in [-0.4, -0.2) is 42.5 Å². The van der Waals surface area contributed by atoms with E-state index in [9.17, 15) is 4.79 Å². The van der Waals surface area contributed by atoms with E-state index in [0.29, 0.717) is 0 Å². The lowest BCUT2D eigenvalue weighted by Crippen LogP contribution is -2.57. The maximum atomic E-state index is 12.0. The van der Waals surface area contributed by atoms with Crippen LogP contribution in [0, 0.1) is 0 Å². The molecule has 1 aromatic rings. The van der Waals surface area contributed by atoms with Crippen LogP contribution in [0.15, 0.2) is 30.3 Å². The van der Waals surface area contributed by atoms with Gasteiger partial charge in [0.25, 0.3) is 0 Å². The number of para-hydroxylation sites is 1. The first-order chi connectivity index (χ1) is 8.48. The molecular formula is C14H21N3O. The molecule has 1 amide bonds. The number of anilines is 1. The Morgan fingerprint density at radius 3 is 2.17 bits per heavy atom. The van der Waals surface area contributed by atoms with Crippen LogP contribution in [0.4, 0.5) is 5.69 Å². The fourth-order valence-corrected chi connectivity index (χ4v) is 2.21. The van der Waals surface area contributed by atoms with E-state index in [0.717, 1.165) is 26.2 Å². The van der Waals surface area contributed by atoms with Crippen molar-refractivity contribution in [2.45, 2.75) is 19.4 Å². The van der Waals surface area contributed by atoms with E-state index in [1.165, 1.54) is 5.69 Å². The van der Waals surface area contributed by atoms with Gasteiger partial charge in [-0.2, -0.15) is 0 Å². The first kappa shape index (κ1) is 12.9. The van der Waals surface area contributed by atoms with E-state index in [-0.39, 0.29) is 5.91 Å². The van der Waals surface area contributed by atoms with Crippen LogP contribution in [0.2, 0.25) is 0 Å². The van der Waals surface area contributed by atoms with E-state index in [4.69, 9.17) is 5.73 Å². The lowest BCUT2D eigenvalue weighted by atomic mass is 10.0. The minimum atomic E-state index is -0.769. The average molecular weight is 247 g/mol. The molecule has 0 spiro atoms. The second-order valence-electron chi connectivity index (χ2n) is 5.34. The van der Waals surface area contributed by atoms with Crippen molar-refractivity contribution in [3.8, 4) is 0 Å². The van der Waals surface area contributed by atoms with Gasteiger partial charge in [0.1, 0.15) is 0 Å². The fraction of sp³-hybridized carbons (Fsp3) is 0.500. The summed E-state index contributed by atoms with van der Waals surface area (Å²) in [4.78, 5) is 16.2. The Morgan fingerprint density at radius 2 is 1.67 bits per heavy atom. The molecule has 1 heterocycles. The number of piperazine rings is 1. The zero-order chi connectivity index (χ0) is 13.2. The van der Waals surface area contributed by atoms with Crippen molar-refractivity contribution >= 4 is 11.6 Å². The van der Waals surface area contributed by atoms with Gasteiger partial charge >= 0.3 is 0 Å². The second-order valence-corrected chi connectivity index (χ2v) is 5.34. The molecule has 0 saturated carbocycles. The third-order valence-corrected chi connectivity index (χ3v) is 3.24. The second kappa shape index (κ2) is 4.98. The molecule has 1 aliphatic rings. The van der Waals surface area contributed by atoms with Crippen LogP contribution in [-0.2, 0) is 4.79 Å². The molecule has 0 radical (unpaired) electrons. The number of hydrogen-bond acceptors (Lipinski definition) is 3. The number of nitrogens with zero attached hydrogens (tertiary/aromatic N) is 2. The summed E-state index contributed by atoms with van der Waals surface area (Å²) < 4.78 is 0. The maximum Gasteiger partial charge on any atom is 0.242 e. The summed E-state index contributed by atoms with van der Waals surface area (Å²) in [6.07, 6.45) is 0. The molecule has 4 nitrogen and oxygen atoms in total. The van der Waals surface area contributed by atoms with Gasteiger partial charge in [-0.1, -0.05) is 18.2 Å². The molecule has 2 rings (SSSR count). The Bertz CT molecular complexity index is 403. The average Bonchev–Trinajstić information content (AvgIpc) is 2.38. The van der Waals surface area contributed by atoms with Gasteiger partial charge in [-0.3, -0.25) is 4.79 Å². The summed E-state index contributed by atoms with van der Waals surface area (Å²) in [6.45, 7) is 6.75. The van der Waals surface area contributed by atoms with Crippen molar-refractivity contribution in [1.29, 1.82) is 0 Å². The molecule has 1 aliphatic heterocycles. The number of amides is 1. The Morgan fingerprint density at radius 1 is 1.11 bits per heavy atom. The number of rotatable bonds is 2. The van der Waals surface area contributed by atoms with Crippen LogP contribution in [0.5, 0.6) is 0 Å². The zero-order valence-electron chi connectivity index (χ0n) is 11.1. The molecule has 0 aromatic heterocycles. The topological polar surface area (TPSA) is 49.6 Å². The zero-order valence-corrected chi connectivity index (χ0v) is 11.1. The molecular weight excluding hydrogens is 226 g/mol. The highest BCUT2D eigenvalue weighted by Gasteiger charge is 2.30. The molecule has 0 bridgehead atoms. The fourth-order valence-electron chi connectivity index (χ4n) is 2.21. The molecule has 98 valence electrons. The molecule has 0 atom stereocenters. The number of benzene rings is 1. The van der Waals surface area contributed by atoms with Gasteiger partial charge in [0.15, 0.2) is 0 Å². The summed E-state index contributed by atoms with van der Waals surface area (Å²) in [7, 11) is 0. The van der Waals surface area contributed by atoms with Gasteiger partial charge in [0.2, 0.25) is 5.91 Å². The summed E-state index contributed by atoms with van der Waals surface area (Å²) in [5.74, 6) is 0.0372. The van der Waals surface area contributed by atoms with E-state index in [2.05, 4.69) is 17.0 Å². The summed E-state index contributed by atoms with van der Waals surface area (Å²) in [5.41, 5.74) is 6.30. The lowest BCUT2D eigenvalue weighted by molar-refractivity contribution is -0.136. The molecule has 1 aromatic carbocycles. The van der Waals surface area contributed by atoms with Crippen LogP contribution in [0.3, 0.4) is 0 Å². The number of hydrogen-bond donors (Lipinski definition) is 1. The van der Waals surface area contributed by atoms with Crippen molar-refractivity contribution in [3.63, 3.8) is 0 Å². The van der Waals surface area contributed by atoms with Gasteiger partial charge in [0.05, 0.1) is 5.54 Å². The first-order valence-corrected chi connectivity index (χ1v) is 6.37. The molecule has 0 unspecified atom stereocenters. The predicted molar refractivity (Wildman–Crippen MR) is 73.5 cm³/mol. The van der Waals surface area contributed by atoms with Crippen molar-refractivity contribution in [2.24, 2.45) is 5.73 Å². The Hall–Kier alpha value is -1.55. The number of carbonyl (C=O) groups excluding carboxylic acids is 1. The normalized spacial score (nSPS) is 16.8. The minimum Gasteiger partial charge on any atom is -0.368 e. The van der Waals surface area contributed by atoms with Gasteiger partial charge in [0, 0.05) is 31.9 Å². The van der Waals surface area contributed by atoms with Gasteiger partial charge in [-0.15, -0.1) is 0 Å². The number of carbonyl (C=O) groups is 1. The quantitative estimate of drug-likeness (QED) is 0.850. The van der Waals surface area contributed by atoms with Gasteiger partial charge in [-0.25, -0.2) is 0 Å². The summed E-state index contributed by atoms with van der Waals surface area (Å²) >= 11 is 0. The molecule has 0 aliphatic carbocycles. The predicted octanol–water partition coefficient (Wildman–Crippen LogP) is 1.07. The molecule has 4 heteroatoms. The van der Waals surface area contributed by atoms with Crippen molar-refractivity contribution < 1.29 is 4.79 Å². The molecule has 18 heavy (non-hydrogen) atoms. The summed E-state index contributed by atoms with van der Waals surface area (Å²) in [5, 5.41) is 0. The largest absolute Gasteiger partial charge is 0.368 e. The molecule has 1 fully saturated rings. The van der Waals surface area contributed by atoms with Crippen LogP contribution in [0.25, 0.3) is 0 Å². The third kappa shape index (κ3) is 2.82. The van der Waals surface area contributed by atoms with Crippen LogP contribution >= 0.6 is 0 Å². The van der Waals surface area contributed by atoms with Gasteiger partial charge in [-0.05, 0) is 26.0 Å². The minimum absolute atomic E-state index is 0.0372. The van der Waals surface area contributed by atoms with E-state index < -0.39 is 5.54 Å².